The van der Waals surface area contributed by atoms with Crippen LogP contribution in [-0.4, -0.2) is 16.2 Å². The minimum Gasteiger partial charge on any atom is -0.324 e. The molecule has 47 valence electrons. The van der Waals surface area contributed by atoms with Crippen LogP contribution in [0.15, 0.2) is 6.20 Å². The SMILES string of the molecule is [c]1cnc2n1NCCC2. The Morgan fingerprint density at radius 1 is 1.78 bits per heavy atom. The Bertz CT molecular complexity index is 183. The first kappa shape index (κ1) is 4.85. The second kappa shape index (κ2) is 1.76. The summed E-state index contributed by atoms with van der Waals surface area (Å²) in [4.78, 5) is 4.10. The molecule has 0 saturated carbocycles. The van der Waals surface area contributed by atoms with E-state index in [9.17, 15) is 0 Å². The van der Waals surface area contributed by atoms with Gasteiger partial charge in [0.15, 0.2) is 0 Å². The van der Waals surface area contributed by atoms with Crippen molar-refractivity contribution in [2.45, 2.75) is 12.8 Å². The van der Waals surface area contributed by atoms with E-state index in [-0.39, 0.29) is 0 Å². The highest BCUT2D eigenvalue weighted by molar-refractivity contribution is 4.97. The first-order valence-corrected chi connectivity index (χ1v) is 3.15. The molecule has 0 unspecified atom stereocenters. The van der Waals surface area contributed by atoms with Crippen LogP contribution in [0.2, 0.25) is 0 Å². The summed E-state index contributed by atoms with van der Waals surface area (Å²) < 4.78 is 1.86. The Kier molecular flexibility index (Phi) is 0.946. The van der Waals surface area contributed by atoms with Crippen LogP contribution in [0, 0.1) is 6.20 Å². The Morgan fingerprint density at radius 3 is 3.67 bits per heavy atom. The molecule has 3 heteroatoms. The van der Waals surface area contributed by atoms with Crippen molar-refractivity contribution in [2.24, 2.45) is 0 Å². The molecule has 2 heterocycles. The Morgan fingerprint density at radius 2 is 2.78 bits per heavy atom. The lowest BCUT2D eigenvalue weighted by Gasteiger charge is -2.14. The van der Waals surface area contributed by atoms with Crippen LogP contribution in [0.25, 0.3) is 0 Å². The Labute approximate surface area is 53.7 Å². The van der Waals surface area contributed by atoms with Crippen molar-refractivity contribution in [1.29, 1.82) is 0 Å². The van der Waals surface area contributed by atoms with Gasteiger partial charge in [0.25, 0.3) is 0 Å². The van der Waals surface area contributed by atoms with E-state index in [1.807, 2.05) is 4.68 Å². The van der Waals surface area contributed by atoms with Gasteiger partial charge >= 0.3 is 0 Å². The average molecular weight is 122 g/mol. The second-order valence-corrected chi connectivity index (χ2v) is 2.15. The van der Waals surface area contributed by atoms with Crippen molar-refractivity contribution in [1.82, 2.24) is 9.66 Å². The number of imidazole rings is 1. The predicted octanol–water partition coefficient (Wildman–Crippen LogP) is 0.173. The summed E-state index contributed by atoms with van der Waals surface area (Å²) in [5.74, 6) is 1.10. The summed E-state index contributed by atoms with van der Waals surface area (Å²) in [6.07, 6.45) is 6.92. The summed E-state index contributed by atoms with van der Waals surface area (Å²) >= 11 is 0. The smallest absolute Gasteiger partial charge is 0.128 e. The standard InChI is InChI=1S/C6H8N3/c1-2-6-7-4-5-9(6)8-3-1/h4,8H,1-3H2. The highest BCUT2D eigenvalue weighted by Crippen LogP contribution is 2.02. The van der Waals surface area contributed by atoms with Gasteiger partial charge in [-0.05, 0) is 6.42 Å². The van der Waals surface area contributed by atoms with E-state index in [4.69, 9.17) is 0 Å². The molecule has 0 aromatic carbocycles. The van der Waals surface area contributed by atoms with Crippen LogP contribution in [0.3, 0.4) is 0 Å². The molecule has 0 fully saturated rings. The highest BCUT2D eigenvalue weighted by Gasteiger charge is 2.06. The van der Waals surface area contributed by atoms with E-state index in [1.165, 1.54) is 6.42 Å². The van der Waals surface area contributed by atoms with Gasteiger partial charge in [-0.1, -0.05) is 0 Å². The van der Waals surface area contributed by atoms with Crippen molar-refractivity contribution in [3.63, 3.8) is 0 Å². The third-order valence-electron chi connectivity index (χ3n) is 1.51. The van der Waals surface area contributed by atoms with Gasteiger partial charge in [0.1, 0.15) is 12.0 Å². The first-order chi connectivity index (χ1) is 4.47. The van der Waals surface area contributed by atoms with Crippen molar-refractivity contribution >= 4 is 0 Å². The summed E-state index contributed by atoms with van der Waals surface area (Å²) in [6.45, 7) is 1.04. The lowest BCUT2D eigenvalue weighted by atomic mass is 10.3. The molecule has 0 aliphatic carbocycles. The van der Waals surface area contributed by atoms with E-state index < -0.39 is 0 Å². The normalized spacial score (nSPS) is 16.4. The number of rotatable bonds is 0. The van der Waals surface area contributed by atoms with Crippen LogP contribution in [-0.2, 0) is 6.42 Å². The zero-order chi connectivity index (χ0) is 6.10. The molecule has 0 amide bonds. The molecule has 3 nitrogen and oxygen atoms in total. The van der Waals surface area contributed by atoms with Crippen molar-refractivity contribution in [3.05, 3.63) is 18.2 Å². The number of fused-ring (bicyclic) bond motifs is 1. The maximum absolute atomic E-state index is 4.10. The van der Waals surface area contributed by atoms with Crippen molar-refractivity contribution in [3.8, 4) is 0 Å². The van der Waals surface area contributed by atoms with E-state index in [2.05, 4.69) is 16.6 Å². The molecule has 1 aliphatic heterocycles. The number of hydrogen-bond acceptors (Lipinski definition) is 2. The van der Waals surface area contributed by atoms with Gasteiger partial charge in [-0.3, -0.25) is 0 Å². The van der Waals surface area contributed by atoms with E-state index in [1.54, 1.807) is 6.20 Å². The maximum atomic E-state index is 4.10. The zero-order valence-corrected chi connectivity index (χ0v) is 5.09. The summed E-state index contributed by atoms with van der Waals surface area (Å²) in [7, 11) is 0. The van der Waals surface area contributed by atoms with Crippen LogP contribution in [0.1, 0.15) is 12.2 Å². The van der Waals surface area contributed by atoms with Crippen molar-refractivity contribution in [2.75, 3.05) is 12.0 Å². The second-order valence-electron chi connectivity index (χ2n) is 2.15. The number of nitrogens with zero attached hydrogens (tertiary/aromatic N) is 2. The van der Waals surface area contributed by atoms with Crippen LogP contribution >= 0.6 is 0 Å². The van der Waals surface area contributed by atoms with Crippen LogP contribution in [0.5, 0.6) is 0 Å². The summed E-state index contributed by atoms with van der Waals surface area (Å²) in [5, 5.41) is 0. The Hall–Kier alpha value is -0.990. The van der Waals surface area contributed by atoms with E-state index in [0.29, 0.717) is 0 Å². The summed E-state index contributed by atoms with van der Waals surface area (Å²) in [5.41, 5.74) is 3.14. The van der Waals surface area contributed by atoms with Gasteiger partial charge in [0, 0.05) is 13.0 Å². The van der Waals surface area contributed by atoms with Gasteiger partial charge in [-0.2, -0.15) is 0 Å². The molecule has 0 saturated heterocycles. The largest absolute Gasteiger partial charge is 0.324 e. The fraction of sp³-hybridized carbons (Fsp3) is 0.500. The fourth-order valence-electron chi connectivity index (χ4n) is 1.04. The molecule has 2 rings (SSSR count). The molecule has 9 heavy (non-hydrogen) atoms. The lowest BCUT2D eigenvalue weighted by Crippen LogP contribution is -2.23. The minimum absolute atomic E-state index is 1.04. The third kappa shape index (κ3) is 0.686. The molecule has 1 N–H and O–H groups in total. The van der Waals surface area contributed by atoms with Gasteiger partial charge in [0.05, 0.1) is 6.20 Å². The first-order valence-electron chi connectivity index (χ1n) is 3.15. The van der Waals surface area contributed by atoms with Gasteiger partial charge in [0.2, 0.25) is 0 Å². The fourth-order valence-corrected chi connectivity index (χ4v) is 1.04. The molecule has 1 aliphatic rings. The minimum atomic E-state index is 1.04. The predicted molar refractivity (Wildman–Crippen MR) is 33.6 cm³/mol. The molecule has 0 spiro atoms. The summed E-state index contributed by atoms with van der Waals surface area (Å²) in [6, 6.07) is 0. The number of aryl methyl sites for hydroxylation is 1. The lowest BCUT2D eigenvalue weighted by molar-refractivity contribution is 0.646. The number of aromatic nitrogens is 2. The highest BCUT2D eigenvalue weighted by atomic mass is 15.4. The van der Waals surface area contributed by atoms with Gasteiger partial charge < -0.3 is 5.43 Å². The van der Waals surface area contributed by atoms with E-state index in [0.717, 1.165) is 18.8 Å². The van der Waals surface area contributed by atoms with Crippen LogP contribution < -0.4 is 5.43 Å². The molecular weight excluding hydrogens is 114 g/mol. The molecular formula is C6H8N3. The quantitative estimate of drug-likeness (QED) is 0.531. The van der Waals surface area contributed by atoms with Gasteiger partial charge in [-0.15, -0.1) is 0 Å². The molecule has 0 atom stereocenters. The average Bonchev–Trinajstić information content (AvgIpc) is 2.33. The number of nitrogens with one attached hydrogen (secondary N) is 1. The number of hydrogen-bond donors (Lipinski definition) is 1. The van der Waals surface area contributed by atoms with E-state index >= 15 is 0 Å². The van der Waals surface area contributed by atoms with Crippen LogP contribution in [0.4, 0.5) is 0 Å². The molecule has 1 aromatic heterocycles. The third-order valence-corrected chi connectivity index (χ3v) is 1.51. The Balaban J connectivity index is 2.39. The topological polar surface area (TPSA) is 29.9 Å². The zero-order valence-electron chi connectivity index (χ0n) is 5.09. The molecule has 1 aromatic rings. The molecule has 1 radical (unpaired) electrons. The maximum Gasteiger partial charge on any atom is 0.128 e. The molecule has 0 bridgehead atoms. The van der Waals surface area contributed by atoms with Gasteiger partial charge in [-0.25, -0.2) is 9.66 Å². The van der Waals surface area contributed by atoms with Crippen molar-refractivity contribution < 1.29 is 0 Å². The monoisotopic (exact) mass is 122 g/mol.